The van der Waals surface area contributed by atoms with Gasteiger partial charge in [-0.25, -0.2) is 4.98 Å². The molecule has 1 rings (SSSR count). The van der Waals surface area contributed by atoms with Crippen LogP contribution in [0, 0.1) is 0 Å². The summed E-state index contributed by atoms with van der Waals surface area (Å²) in [5, 5.41) is 3.55. The minimum atomic E-state index is 0.796. The van der Waals surface area contributed by atoms with E-state index in [0.29, 0.717) is 0 Å². The van der Waals surface area contributed by atoms with Crippen LogP contribution >= 0.6 is 0 Å². The van der Waals surface area contributed by atoms with Gasteiger partial charge in [-0.3, -0.25) is 0 Å². The number of aromatic nitrogens is 2. The maximum absolute atomic E-state index is 4.48. The molecule has 1 aromatic rings. The molecule has 4 heteroatoms. The zero-order valence-corrected chi connectivity index (χ0v) is 5.98. The van der Waals surface area contributed by atoms with E-state index in [1.54, 1.807) is 12.5 Å². The van der Waals surface area contributed by atoms with Crippen molar-refractivity contribution in [3.8, 4) is 0 Å². The van der Waals surface area contributed by atoms with Crippen LogP contribution in [0.1, 0.15) is 5.69 Å². The highest BCUT2D eigenvalue weighted by molar-refractivity contribution is 5.75. The quantitative estimate of drug-likeness (QED) is 0.439. The van der Waals surface area contributed by atoms with E-state index in [9.17, 15) is 0 Å². The Morgan fingerprint density at radius 2 is 2.60 bits per heavy atom. The molecule has 0 N–H and O–H groups in total. The van der Waals surface area contributed by atoms with Gasteiger partial charge in [-0.05, 0) is 0 Å². The molecule has 54 valence electrons. The van der Waals surface area contributed by atoms with Crippen molar-refractivity contribution in [2.45, 2.75) is 0 Å². The van der Waals surface area contributed by atoms with Crippen molar-refractivity contribution in [1.82, 2.24) is 9.55 Å². The first kappa shape index (κ1) is 6.80. The summed E-state index contributed by atoms with van der Waals surface area (Å²) in [4.78, 5) is 8.46. The van der Waals surface area contributed by atoms with Crippen LogP contribution in [0.25, 0.3) is 0 Å². The SMILES string of the molecule is CON=Cc1cn(C)cn1. The highest BCUT2D eigenvalue weighted by Gasteiger charge is 1.88. The van der Waals surface area contributed by atoms with Crippen LogP contribution in [-0.4, -0.2) is 22.9 Å². The van der Waals surface area contributed by atoms with Gasteiger partial charge < -0.3 is 9.40 Å². The normalized spacial score (nSPS) is 10.6. The van der Waals surface area contributed by atoms with Gasteiger partial charge >= 0.3 is 0 Å². The number of hydrogen-bond donors (Lipinski definition) is 0. The predicted molar refractivity (Wildman–Crippen MR) is 37.8 cm³/mol. The lowest BCUT2D eigenvalue weighted by Crippen LogP contribution is -1.81. The van der Waals surface area contributed by atoms with Gasteiger partial charge in [0.1, 0.15) is 12.8 Å². The third kappa shape index (κ3) is 1.58. The van der Waals surface area contributed by atoms with Crippen LogP contribution in [0.2, 0.25) is 0 Å². The molecule has 4 nitrogen and oxygen atoms in total. The fourth-order valence-corrected chi connectivity index (χ4v) is 0.606. The fourth-order valence-electron chi connectivity index (χ4n) is 0.606. The van der Waals surface area contributed by atoms with Crippen molar-refractivity contribution in [3.05, 3.63) is 18.2 Å². The average Bonchev–Trinajstić information content (AvgIpc) is 2.31. The van der Waals surface area contributed by atoms with Crippen LogP contribution in [0.3, 0.4) is 0 Å². The van der Waals surface area contributed by atoms with Crippen LogP contribution in [-0.2, 0) is 11.9 Å². The van der Waals surface area contributed by atoms with E-state index < -0.39 is 0 Å². The minimum Gasteiger partial charge on any atom is -0.399 e. The second-order valence-electron chi connectivity index (χ2n) is 1.88. The molecule has 0 saturated carbocycles. The largest absolute Gasteiger partial charge is 0.399 e. The Morgan fingerprint density at radius 1 is 1.80 bits per heavy atom. The lowest BCUT2D eigenvalue weighted by atomic mass is 10.5. The van der Waals surface area contributed by atoms with Gasteiger partial charge in [0, 0.05) is 13.2 Å². The monoisotopic (exact) mass is 139 g/mol. The summed E-state index contributed by atoms with van der Waals surface area (Å²) < 4.78 is 1.84. The van der Waals surface area contributed by atoms with Crippen molar-refractivity contribution in [2.75, 3.05) is 7.11 Å². The first-order chi connectivity index (χ1) is 4.83. The number of rotatable bonds is 2. The first-order valence-electron chi connectivity index (χ1n) is 2.87. The molecule has 0 aliphatic heterocycles. The third-order valence-electron chi connectivity index (χ3n) is 1.02. The molecular weight excluding hydrogens is 130 g/mol. The molecule has 1 aromatic heterocycles. The van der Waals surface area contributed by atoms with E-state index >= 15 is 0 Å². The summed E-state index contributed by atoms with van der Waals surface area (Å²) in [6.07, 6.45) is 5.11. The van der Waals surface area contributed by atoms with E-state index in [-0.39, 0.29) is 0 Å². The number of aryl methyl sites for hydroxylation is 1. The van der Waals surface area contributed by atoms with Crippen molar-refractivity contribution in [1.29, 1.82) is 0 Å². The summed E-state index contributed by atoms with van der Waals surface area (Å²) in [5.41, 5.74) is 0.796. The van der Waals surface area contributed by atoms with Crippen molar-refractivity contribution in [3.63, 3.8) is 0 Å². The van der Waals surface area contributed by atoms with E-state index in [2.05, 4.69) is 15.0 Å². The molecule has 0 aliphatic rings. The smallest absolute Gasteiger partial charge is 0.106 e. The Hall–Kier alpha value is -1.32. The van der Waals surface area contributed by atoms with E-state index in [1.165, 1.54) is 7.11 Å². The van der Waals surface area contributed by atoms with Gasteiger partial charge in [0.25, 0.3) is 0 Å². The van der Waals surface area contributed by atoms with Crippen molar-refractivity contribution < 1.29 is 4.84 Å². The zero-order chi connectivity index (χ0) is 7.40. The highest BCUT2D eigenvalue weighted by Crippen LogP contribution is 1.88. The molecule has 0 bridgehead atoms. The molecule has 0 aliphatic carbocycles. The number of hydrogen-bond acceptors (Lipinski definition) is 3. The van der Waals surface area contributed by atoms with E-state index in [0.717, 1.165) is 5.69 Å². The Morgan fingerprint density at radius 3 is 3.10 bits per heavy atom. The summed E-state index contributed by atoms with van der Waals surface area (Å²) in [7, 11) is 3.40. The number of oxime groups is 1. The third-order valence-corrected chi connectivity index (χ3v) is 1.02. The van der Waals surface area contributed by atoms with E-state index in [1.807, 2.05) is 17.8 Å². The van der Waals surface area contributed by atoms with Crippen molar-refractivity contribution >= 4 is 6.21 Å². The second kappa shape index (κ2) is 3.00. The van der Waals surface area contributed by atoms with Crippen molar-refractivity contribution in [2.24, 2.45) is 12.2 Å². The lowest BCUT2D eigenvalue weighted by Gasteiger charge is -1.82. The van der Waals surface area contributed by atoms with Crippen LogP contribution < -0.4 is 0 Å². The topological polar surface area (TPSA) is 39.4 Å². The predicted octanol–water partition coefficient (Wildman–Crippen LogP) is 0.400. The Kier molecular flexibility index (Phi) is 2.04. The van der Waals surface area contributed by atoms with Gasteiger partial charge in [0.05, 0.1) is 12.5 Å². The molecule has 1 heterocycles. The minimum absolute atomic E-state index is 0.796. The second-order valence-corrected chi connectivity index (χ2v) is 1.88. The maximum atomic E-state index is 4.48. The standard InChI is InChI=1S/C6H9N3O/c1-9-4-6(7-5-9)3-8-10-2/h3-5H,1-2H3. The molecule has 10 heavy (non-hydrogen) atoms. The van der Waals surface area contributed by atoms with Gasteiger partial charge in [0.15, 0.2) is 0 Å². The number of imidazole rings is 1. The molecule has 0 saturated heterocycles. The molecule has 0 radical (unpaired) electrons. The Labute approximate surface area is 59.1 Å². The van der Waals surface area contributed by atoms with Crippen LogP contribution in [0.15, 0.2) is 17.7 Å². The zero-order valence-electron chi connectivity index (χ0n) is 5.98. The molecule has 0 fully saturated rings. The molecular formula is C6H9N3O. The Balaban J connectivity index is 2.67. The average molecular weight is 139 g/mol. The van der Waals surface area contributed by atoms with Crippen LogP contribution in [0.5, 0.6) is 0 Å². The van der Waals surface area contributed by atoms with Gasteiger partial charge in [-0.1, -0.05) is 5.16 Å². The first-order valence-corrected chi connectivity index (χ1v) is 2.87. The van der Waals surface area contributed by atoms with Gasteiger partial charge in [0.2, 0.25) is 0 Å². The summed E-state index contributed by atoms with van der Waals surface area (Å²) in [6, 6.07) is 0. The van der Waals surface area contributed by atoms with Gasteiger partial charge in [-0.2, -0.15) is 0 Å². The summed E-state index contributed by atoms with van der Waals surface area (Å²) >= 11 is 0. The fraction of sp³-hybridized carbons (Fsp3) is 0.333. The number of nitrogens with zero attached hydrogens (tertiary/aromatic N) is 3. The maximum Gasteiger partial charge on any atom is 0.106 e. The van der Waals surface area contributed by atoms with E-state index in [4.69, 9.17) is 0 Å². The highest BCUT2D eigenvalue weighted by atomic mass is 16.6. The van der Waals surface area contributed by atoms with Gasteiger partial charge in [-0.15, -0.1) is 0 Å². The molecule has 0 aromatic carbocycles. The molecule has 0 atom stereocenters. The lowest BCUT2D eigenvalue weighted by molar-refractivity contribution is 0.215. The summed E-state index contributed by atoms with van der Waals surface area (Å²) in [5.74, 6) is 0. The molecule has 0 amide bonds. The molecule has 0 spiro atoms. The Bertz CT molecular complexity index is 229. The summed E-state index contributed by atoms with van der Waals surface area (Å²) in [6.45, 7) is 0. The van der Waals surface area contributed by atoms with Crippen LogP contribution in [0.4, 0.5) is 0 Å². The molecule has 0 unspecified atom stereocenters.